The number of esters is 1. The molecule has 3 aromatic rings. The van der Waals surface area contributed by atoms with E-state index in [9.17, 15) is 18.0 Å². The first kappa shape index (κ1) is 24.8. The number of hydrazone groups is 1. The maximum Gasteiger partial charge on any atom is 0.338 e. The zero-order valence-corrected chi connectivity index (χ0v) is 19.9. The van der Waals surface area contributed by atoms with Crippen molar-refractivity contribution in [3.63, 3.8) is 0 Å². The lowest BCUT2D eigenvalue weighted by atomic mass is 10.0. The molecule has 176 valence electrons. The third-order valence-electron chi connectivity index (χ3n) is 4.93. The Hall–Kier alpha value is -3.82. The molecule has 0 bridgehead atoms. The van der Waals surface area contributed by atoms with Crippen molar-refractivity contribution in [3.8, 4) is 0 Å². The molecule has 0 aliphatic carbocycles. The molecule has 0 saturated carbocycles. The summed E-state index contributed by atoms with van der Waals surface area (Å²) in [7, 11) is -0.923. The molecule has 0 aromatic heterocycles. The Morgan fingerprint density at radius 3 is 2.00 bits per heavy atom. The molecule has 3 rings (SSSR count). The SMILES string of the molecule is Cc1ccc(S(=O)(=O)N(C)C)cc1C(=O)OCC(=O)NN=C(c1ccccc1)c1ccccc1. The minimum absolute atomic E-state index is 0.0422. The van der Waals surface area contributed by atoms with Gasteiger partial charge in [-0.15, -0.1) is 0 Å². The Kier molecular flexibility index (Phi) is 7.93. The van der Waals surface area contributed by atoms with Gasteiger partial charge in [0.2, 0.25) is 10.0 Å². The molecule has 3 aromatic carbocycles. The molecule has 0 heterocycles. The van der Waals surface area contributed by atoms with Crippen LogP contribution in [0.5, 0.6) is 0 Å². The van der Waals surface area contributed by atoms with Gasteiger partial charge in [0.05, 0.1) is 16.2 Å². The van der Waals surface area contributed by atoms with Crippen LogP contribution in [0.2, 0.25) is 0 Å². The van der Waals surface area contributed by atoms with Crippen LogP contribution in [0.1, 0.15) is 27.0 Å². The molecule has 0 spiro atoms. The first-order valence-corrected chi connectivity index (χ1v) is 11.8. The third kappa shape index (κ3) is 5.94. The standard InChI is InChI=1S/C25H25N3O5S/c1-18-14-15-21(34(31,32)28(2)3)16-22(18)25(30)33-17-23(29)26-27-24(19-10-6-4-7-11-19)20-12-8-5-9-13-20/h4-16H,17H2,1-3H3,(H,26,29). The molecule has 0 aliphatic heterocycles. The molecule has 8 nitrogen and oxygen atoms in total. The second kappa shape index (κ2) is 10.9. The predicted octanol–water partition coefficient (Wildman–Crippen LogP) is 2.97. The van der Waals surface area contributed by atoms with Crippen LogP contribution in [0.25, 0.3) is 0 Å². The number of aryl methyl sites for hydroxylation is 1. The van der Waals surface area contributed by atoms with E-state index in [1.54, 1.807) is 6.92 Å². The van der Waals surface area contributed by atoms with E-state index in [2.05, 4.69) is 10.5 Å². The summed E-state index contributed by atoms with van der Waals surface area (Å²) in [5.74, 6) is -1.44. The third-order valence-corrected chi connectivity index (χ3v) is 6.74. The Labute approximate surface area is 198 Å². The molecule has 0 radical (unpaired) electrons. The van der Waals surface area contributed by atoms with Crippen molar-refractivity contribution in [1.82, 2.24) is 9.73 Å². The van der Waals surface area contributed by atoms with Gasteiger partial charge in [0, 0.05) is 25.2 Å². The van der Waals surface area contributed by atoms with E-state index < -0.39 is 28.5 Å². The smallest absolute Gasteiger partial charge is 0.338 e. The predicted molar refractivity (Wildman–Crippen MR) is 129 cm³/mol. The van der Waals surface area contributed by atoms with E-state index in [0.717, 1.165) is 15.4 Å². The van der Waals surface area contributed by atoms with Crippen LogP contribution >= 0.6 is 0 Å². The van der Waals surface area contributed by atoms with Gasteiger partial charge in [0.15, 0.2) is 6.61 Å². The second-order valence-electron chi connectivity index (χ2n) is 7.57. The molecule has 1 N–H and O–H groups in total. The first-order chi connectivity index (χ1) is 16.2. The van der Waals surface area contributed by atoms with Crippen LogP contribution in [0.4, 0.5) is 0 Å². The van der Waals surface area contributed by atoms with Gasteiger partial charge in [-0.2, -0.15) is 5.10 Å². The van der Waals surface area contributed by atoms with Gasteiger partial charge in [-0.3, -0.25) is 4.79 Å². The fourth-order valence-electron chi connectivity index (χ4n) is 3.04. The van der Waals surface area contributed by atoms with E-state index in [1.807, 2.05) is 60.7 Å². The highest BCUT2D eigenvalue weighted by Gasteiger charge is 2.21. The summed E-state index contributed by atoms with van der Waals surface area (Å²) >= 11 is 0. The summed E-state index contributed by atoms with van der Waals surface area (Å²) in [5, 5.41) is 4.24. The minimum atomic E-state index is -3.72. The fraction of sp³-hybridized carbons (Fsp3) is 0.160. The number of carbonyl (C=O) groups excluding carboxylic acids is 2. The maximum absolute atomic E-state index is 12.6. The average molecular weight is 480 g/mol. The minimum Gasteiger partial charge on any atom is -0.452 e. The summed E-state index contributed by atoms with van der Waals surface area (Å²) in [6, 6.07) is 22.9. The zero-order valence-electron chi connectivity index (χ0n) is 19.1. The van der Waals surface area contributed by atoms with Crippen LogP contribution < -0.4 is 5.43 Å². The lowest BCUT2D eigenvalue weighted by Gasteiger charge is -2.13. The normalized spacial score (nSPS) is 11.1. The van der Waals surface area contributed by atoms with Crippen molar-refractivity contribution in [2.75, 3.05) is 20.7 Å². The Morgan fingerprint density at radius 2 is 1.47 bits per heavy atom. The van der Waals surface area contributed by atoms with Crippen LogP contribution in [0.3, 0.4) is 0 Å². The van der Waals surface area contributed by atoms with E-state index in [-0.39, 0.29) is 10.5 Å². The molecule has 0 saturated heterocycles. The number of nitrogens with one attached hydrogen (secondary N) is 1. The highest BCUT2D eigenvalue weighted by Crippen LogP contribution is 2.19. The summed E-state index contributed by atoms with van der Waals surface area (Å²) in [4.78, 5) is 24.9. The van der Waals surface area contributed by atoms with Gasteiger partial charge in [-0.05, 0) is 24.6 Å². The van der Waals surface area contributed by atoms with E-state index in [4.69, 9.17) is 4.74 Å². The van der Waals surface area contributed by atoms with Crippen molar-refractivity contribution in [2.24, 2.45) is 5.10 Å². The van der Waals surface area contributed by atoms with E-state index >= 15 is 0 Å². The molecule has 0 fully saturated rings. The second-order valence-corrected chi connectivity index (χ2v) is 9.72. The van der Waals surface area contributed by atoms with Crippen LogP contribution in [0, 0.1) is 6.92 Å². The number of amides is 1. The summed E-state index contributed by atoms with van der Waals surface area (Å²) in [5.41, 5.74) is 5.18. The maximum atomic E-state index is 12.6. The number of hydrogen-bond donors (Lipinski definition) is 1. The van der Waals surface area contributed by atoms with Gasteiger partial charge in [-0.25, -0.2) is 22.9 Å². The number of benzene rings is 3. The zero-order chi connectivity index (χ0) is 24.7. The molecule has 0 aliphatic rings. The lowest BCUT2D eigenvalue weighted by molar-refractivity contribution is -0.124. The highest BCUT2D eigenvalue weighted by atomic mass is 32.2. The quantitative estimate of drug-likeness (QED) is 0.304. The molecule has 1 amide bonds. The number of nitrogens with zero attached hydrogens (tertiary/aromatic N) is 2. The van der Waals surface area contributed by atoms with Gasteiger partial charge in [0.25, 0.3) is 5.91 Å². The van der Waals surface area contributed by atoms with Gasteiger partial charge >= 0.3 is 5.97 Å². The van der Waals surface area contributed by atoms with Crippen LogP contribution in [-0.2, 0) is 19.6 Å². The molecular formula is C25H25N3O5S. The Balaban J connectivity index is 1.72. The van der Waals surface area contributed by atoms with Crippen LogP contribution in [0.15, 0.2) is 88.9 Å². The largest absolute Gasteiger partial charge is 0.452 e. The van der Waals surface area contributed by atoms with Crippen molar-refractivity contribution in [1.29, 1.82) is 0 Å². The summed E-state index contributed by atoms with van der Waals surface area (Å²) in [6.07, 6.45) is 0. The summed E-state index contributed by atoms with van der Waals surface area (Å²) < 4.78 is 30.9. The molecule has 34 heavy (non-hydrogen) atoms. The monoisotopic (exact) mass is 479 g/mol. The van der Waals surface area contributed by atoms with Gasteiger partial charge in [0.1, 0.15) is 0 Å². The van der Waals surface area contributed by atoms with Crippen molar-refractivity contribution >= 4 is 27.6 Å². The van der Waals surface area contributed by atoms with Gasteiger partial charge in [-0.1, -0.05) is 66.7 Å². The fourth-order valence-corrected chi connectivity index (χ4v) is 3.97. The lowest BCUT2D eigenvalue weighted by Crippen LogP contribution is -2.27. The molecule has 0 atom stereocenters. The number of hydrogen-bond acceptors (Lipinski definition) is 6. The Morgan fingerprint density at radius 1 is 0.912 bits per heavy atom. The number of sulfonamides is 1. The summed E-state index contributed by atoms with van der Waals surface area (Å²) in [6.45, 7) is 1.07. The van der Waals surface area contributed by atoms with Crippen molar-refractivity contribution in [3.05, 3.63) is 101 Å². The van der Waals surface area contributed by atoms with E-state index in [1.165, 1.54) is 32.3 Å². The van der Waals surface area contributed by atoms with Crippen molar-refractivity contribution in [2.45, 2.75) is 11.8 Å². The number of rotatable bonds is 8. The molecule has 9 heteroatoms. The van der Waals surface area contributed by atoms with Crippen LogP contribution in [-0.4, -0.2) is 51.0 Å². The highest BCUT2D eigenvalue weighted by molar-refractivity contribution is 7.89. The average Bonchev–Trinajstić information content (AvgIpc) is 2.84. The number of ether oxygens (including phenoxy) is 1. The first-order valence-electron chi connectivity index (χ1n) is 10.4. The number of carbonyl (C=O) groups is 2. The van der Waals surface area contributed by atoms with E-state index in [0.29, 0.717) is 11.3 Å². The molecule has 0 unspecified atom stereocenters. The Bertz CT molecular complexity index is 1260. The topological polar surface area (TPSA) is 105 Å². The van der Waals surface area contributed by atoms with Crippen molar-refractivity contribution < 1.29 is 22.7 Å². The molecular weight excluding hydrogens is 454 g/mol. The van der Waals surface area contributed by atoms with Gasteiger partial charge < -0.3 is 4.74 Å².